The van der Waals surface area contributed by atoms with Crippen molar-refractivity contribution in [3.05, 3.63) is 94.5 Å². The SMILES string of the molecule is O=C(C[C@H]1SC(=O)NC1=O)Oc1ccc([C@H]2Oc3ccc(Cl)cc3[C@H]3CC(c4ccccc4)=NN32)cc1. The van der Waals surface area contributed by atoms with Crippen molar-refractivity contribution in [1.82, 2.24) is 10.3 Å². The highest BCUT2D eigenvalue weighted by molar-refractivity contribution is 8.15. The van der Waals surface area contributed by atoms with Gasteiger partial charge in [-0.1, -0.05) is 53.7 Å². The minimum absolute atomic E-state index is 0.0436. The highest BCUT2D eigenvalue weighted by atomic mass is 35.5. The second-order valence-corrected chi connectivity index (χ2v) is 10.4. The first kappa shape index (κ1) is 23.6. The maximum Gasteiger partial charge on any atom is 0.312 e. The molecule has 1 fully saturated rings. The van der Waals surface area contributed by atoms with E-state index >= 15 is 0 Å². The van der Waals surface area contributed by atoms with Crippen LogP contribution in [-0.4, -0.2) is 33.1 Å². The number of ether oxygens (including phenoxy) is 2. The van der Waals surface area contributed by atoms with Crippen molar-refractivity contribution >= 4 is 46.2 Å². The predicted octanol–water partition coefficient (Wildman–Crippen LogP) is 5.23. The molecule has 1 N–H and O–H groups in total. The average molecular weight is 534 g/mol. The average Bonchev–Trinajstić information content (AvgIpc) is 3.48. The number of thioether (sulfide) groups is 1. The van der Waals surface area contributed by atoms with Gasteiger partial charge in [0.25, 0.3) is 5.24 Å². The molecule has 1 saturated heterocycles. The van der Waals surface area contributed by atoms with Crippen molar-refractivity contribution in [2.45, 2.75) is 30.4 Å². The molecule has 0 radical (unpaired) electrons. The number of nitrogens with one attached hydrogen (secondary N) is 1. The summed E-state index contributed by atoms with van der Waals surface area (Å²) in [6.07, 6.45) is 0.0261. The molecule has 37 heavy (non-hydrogen) atoms. The van der Waals surface area contributed by atoms with Gasteiger partial charge in [-0.05, 0) is 48.0 Å². The summed E-state index contributed by atoms with van der Waals surface area (Å²) < 4.78 is 11.8. The van der Waals surface area contributed by atoms with Gasteiger partial charge < -0.3 is 9.47 Å². The lowest BCUT2D eigenvalue weighted by molar-refractivity contribution is -0.135. The minimum Gasteiger partial charge on any atom is -0.464 e. The highest BCUT2D eigenvalue weighted by Crippen LogP contribution is 2.48. The molecule has 3 aliphatic heterocycles. The van der Waals surface area contributed by atoms with Crippen molar-refractivity contribution in [2.75, 3.05) is 0 Å². The molecule has 8 nitrogen and oxygen atoms in total. The zero-order valence-electron chi connectivity index (χ0n) is 19.3. The van der Waals surface area contributed by atoms with Crippen LogP contribution in [0.1, 0.15) is 41.8 Å². The molecule has 2 amide bonds. The number of hydrazone groups is 1. The van der Waals surface area contributed by atoms with Crippen molar-refractivity contribution in [1.29, 1.82) is 0 Å². The molecular weight excluding hydrogens is 514 g/mol. The molecule has 6 rings (SSSR count). The predicted molar refractivity (Wildman–Crippen MR) is 139 cm³/mol. The Kier molecular flexibility index (Phi) is 6.10. The number of hydrogen-bond acceptors (Lipinski definition) is 8. The fourth-order valence-electron chi connectivity index (χ4n) is 4.64. The lowest BCUT2D eigenvalue weighted by Gasteiger charge is -2.38. The number of benzene rings is 3. The van der Waals surface area contributed by atoms with Gasteiger partial charge in [0.05, 0.1) is 18.2 Å². The third-order valence-corrected chi connectivity index (χ3v) is 7.59. The zero-order chi connectivity index (χ0) is 25.5. The third kappa shape index (κ3) is 4.68. The van der Waals surface area contributed by atoms with Crippen LogP contribution in [0.3, 0.4) is 0 Å². The van der Waals surface area contributed by atoms with Crippen LogP contribution >= 0.6 is 23.4 Å². The van der Waals surface area contributed by atoms with Crippen molar-refractivity contribution in [2.24, 2.45) is 5.10 Å². The number of amides is 2. The van der Waals surface area contributed by atoms with Crippen LogP contribution in [-0.2, 0) is 9.59 Å². The molecule has 0 spiro atoms. The van der Waals surface area contributed by atoms with E-state index in [-0.39, 0.29) is 12.5 Å². The molecule has 0 unspecified atom stereocenters. The minimum atomic E-state index is -0.771. The Hall–Kier alpha value is -3.82. The van der Waals surface area contributed by atoms with E-state index in [1.807, 2.05) is 59.6 Å². The number of carbonyl (C=O) groups excluding carboxylic acids is 3. The molecule has 0 bridgehead atoms. The van der Waals surface area contributed by atoms with Gasteiger partial charge in [-0.15, -0.1) is 0 Å². The van der Waals surface area contributed by atoms with E-state index in [9.17, 15) is 14.4 Å². The molecule has 186 valence electrons. The Morgan fingerprint density at radius 3 is 2.62 bits per heavy atom. The second kappa shape index (κ2) is 9.57. The lowest BCUT2D eigenvalue weighted by Crippen LogP contribution is -2.33. The van der Waals surface area contributed by atoms with Crippen LogP contribution in [0, 0.1) is 0 Å². The summed E-state index contributed by atoms with van der Waals surface area (Å²) in [6.45, 7) is 0. The van der Waals surface area contributed by atoms with Gasteiger partial charge in [-0.3, -0.25) is 19.7 Å². The van der Waals surface area contributed by atoms with Crippen LogP contribution in [0.25, 0.3) is 0 Å². The Morgan fingerprint density at radius 1 is 1.11 bits per heavy atom. The molecule has 3 heterocycles. The number of halogens is 1. The number of esters is 1. The monoisotopic (exact) mass is 533 g/mol. The Bertz CT molecular complexity index is 1430. The van der Waals surface area contributed by atoms with Crippen LogP contribution < -0.4 is 14.8 Å². The van der Waals surface area contributed by atoms with Crippen molar-refractivity contribution in [3.63, 3.8) is 0 Å². The molecule has 0 aromatic heterocycles. The Balaban J connectivity index is 1.23. The molecule has 0 aliphatic carbocycles. The molecule has 3 aliphatic rings. The van der Waals surface area contributed by atoms with Crippen molar-refractivity contribution in [3.8, 4) is 11.5 Å². The van der Waals surface area contributed by atoms with Gasteiger partial charge >= 0.3 is 5.97 Å². The normalized spacial score (nSPS) is 22.0. The Morgan fingerprint density at radius 2 is 1.89 bits per heavy atom. The number of nitrogens with zero attached hydrogens (tertiary/aromatic N) is 2. The van der Waals surface area contributed by atoms with E-state index in [0.717, 1.165) is 39.9 Å². The summed E-state index contributed by atoms with van der Waals surface area (Å²) in [5.74, 6) is 0.0101. The van der Waals surface area contributed by atoms with E-state index in [1.54, 1.807) is 18.2 Å². The van der Waals surface area contributed by atoms with Crippen LogP contribution in [0.15, 0.2) is 77.9 Å². The van der Waals surface area contributed by atoms with Gasteiger partial charge in [0.15, 0.2) is 0 Å². The fraction of sp³-hybridized carbons (Fsp3) is 0.185. The summed E-state index contributed by atoms with van der Waals surface area (Å²) in [5.41, 5.74) is 3.83. The van der Waals surface area contributed by atoms with E-state index in [1.165, 1.54) is 0 Å². The smallest absolute Gasteiger partial charge is 0.312 e. The number of fused-ring (bicyclic) bond motifs is 3. The molecule has 3 aromatic rings. The van der Waals surface area contributed by atoms with Crippen molar-refractivity contribution < 1.29 is 23.9 Å². The molecule has 3 aromatic carbocycles. The second-order valence-electron chi connectivity index (χ2n) is 8.80. The summed E-state index contributed by atoms with van der Waals surface area (Å²) in [7, 11) is 0. The number of rotatable bonds is 5. The summed E-state index contributed by atoms with van der Waals surface area (Å²) in [4.78, 5) is 35.3. The zero-order valence-corrected chi connectivity index (χ0v) is 20.9. The number of imide groups is 1. The van der Waals surface area contributed by atoms with E-state index in [4.69, 9.17) is 26.2 Å². The quantitative estimate of drug-likeness (QED) is 0.354. The van der Waals surface area contributed by atoms with E-state index in [2.05, 4.69) is 5.32 Å². The maximum absolute atomic E-state index is 12.3. The number of carbonyl (C=O) groups is 3. The van der Waals surface area contributed by atoms with Gasteiger partial charge in [0.2, 0.25) is 12.1 Å². The molecule has 0 saturated carbocycles. The third-order valence-electron chi connectivity index (χ3n) is 6.37. The standard InChI is InChI=1S/C27H20ClN3O5S/c28-17-8-11-22-19(12-17)21-13-20(15-4-2-1-3-5-15)30-31(21)26(36-22)16-6-9-18(10-7-16)35-24(32)14-23-25(33)29-27(34)37-23/h1-12,21,23,26H,13-14H2,(H,29,33,34)/t21-,23-,26-/m1/s1. The topological polar surface area (TPSA) is 97.3 Å². The lowest BCUT2D eigenvalue weighted by atomic mass is 9.96. The largest absolute Gasteiger partial charge is 0.464 e. The van der Waals surface area contributed by atoms with Crippen LogP contribution in [0.2, 0.25) is 5.02 Å². The maximum atomic E-state index is 12.3. The van der Waals surface area contributed by atoms with Gasteiger partial charge in [0.1, 0.15) is 16.7 Å². The molecule has 3 atom stereocenters. The van der Waals surface area contributed by atoms with E-state index in [0.29, 0.717) is 17.2 Å². The van der Waals surface area contributed by atoms with Crippen LogP contribution in [0.4, 0.5) is 4.79 Å². The Labute approximate surface area is 221 Å². The first-order valence-electron chi connectivity index (χ1n) is 11.6. The van der Waals surface area contributed by atoms with Gasteiger partial charge in [-0.2, -0.15) is 5.10 Å². The van der Waals surface area contributed by atoms with Gasteiger partial charge in [0, 0.05) is 22.6 Å². The van der Waals surface area contributed by atoms with E-state index < -0.39 is 28.6 Å². The first-order chi connectivity index (χ1) is 17.9. The highest BCUT2D eigenvalue weighted by Gasteiger charge is 2.41. The summed E-state index contributed by atoms with van der Waals surface area (Å²) >= 11 is 7.10. The van der Waals surface area contributed by atoms with Gasteiger partial charge in [-0.25, -0.2) is 5.01 Å². The summed E-state index contributed by atoms with van der Waals surface area (Å²) in [6, 6.07) is 22.6. The molecule has 10 heteroatoms. The molecular formula is C27H20ClN3O5S. The first-order valence-corrected chi connectivity index (χ1v) is 12.9. The number of hydrogen-bond donors (Lipinski definition) is 1. The van der Waals surface area contributed by atoms with Crippen LogP contribution in [0.5, 0.6) is 11.5 Å². The summed E-state index contributed by atoms with van der Waals surface area (Å²) in [5, 5.41) is 8.46. The fourth-order valence-corrected chi connectivity index (χ4v) is 5.62.